The van der Waals surface area contributed by atoms with Crippen molar-refractivity contribution in [2.45, 2.75) is 76.9 Å². The summed E-state index contributed by atoms with van der Waals surface area (Å²) >= 11 is 7.83. The number of anilines is 1. The Morgan fingerprint density at radius 2 is 2.14 bits per heavy atom. The first-order valence-electron chi connectivity index (χ1n) is 14.8. The smallest absolute Gasteiger partial charge is 0.338 e. The number of carboxylic acid groups (broad SMARTS) is 1. The number of hydrogen-bond donors (Lipinski definition) is 2. The molecule has 43 heavy (non-hydrogen) atoms. The van der Waals surface area contributed by atoms with Crippen LogP contribution in [0, 0.1) is 12.8 Å². The van der Waals surface area contributed by atoms with Gasteiger partial charge in [0, 0.05) is 56.9 Å². The monoisotopic (exact) mass is 632 g/mol. The Morgan fingerprint density at radius 1 is 1.33 bits per heavy atom. The second kappa shape index (κ2) is 12.2. The van der Waals surface area contributed by atoms with Crippen molar-refractivity contribution in [2.75, 3.05) is 25.0 Å². The van der Waals surface area contributed by atoms with Crippen LogP contribution in [0.3, 0.4) is 0 Å². The van der Waals surface area contributed by atoms with Gasteiger partial charge in [0.15, 0.2) is 0 Å². The van der Waals surface area contributed by atoms with Crippen LogP contribution in [0.15, 0.2) is 28.4 Å². The molecule has 0 radical (unpaired) electrons. The number of aromatic nitrogens is 2. The Kier molecular flexibility index (Phi) is 8.50. The van der Waals surface area contributed by atoms with E-state index in [2.05, 4.69) is 10.2 Å². The van der Waals surface area contributed by atoms with Gasteiger partial charge in [0.2, 0.25) is 6.43 Å². The Hall–Kier alpha value is -3.02. The number of rotatable bonds is 8. The molecule has 1 aliphatic carbocycles. The zero-order chi connectivity index (χ0) is 30.4. The summed E-state index contributed by atoms with van der Waals surface area (Å²) in [5.41, 5.74) is 3.19. The standard InChI is InChI=1S/C31H35ClF2N4O4S/c1-16-11-22(28-27(35-16)24(15-43-28)31(40)41)21-12-19(32)3-6-26(21)42-10-9-38-17(2)36-25-5-4-20(13-23(25)30(38)39)37-8-7-18(14-37)29(33)34/h3,6,12,15-16,18,20,22,29,35H,4-5,7-11,13-14H2,1-2H3,(H,40,41)/t16?,18-,20-,22?/m1/s1. The van der Waals surface area contributed by atoms with E-state index < -0.39 is 18.3 Å². The molecule has 4 atom stereocenters. The highest BCUT2D eigenvalue weighted by molar-refractivity contribution is 7.11. The highest BCUT2D eigenvalue weighted by Gasteiger charge is 2.36. The van der Waals surface area contributed by atoms with E-state index in [0.29, 0.717) is 66.7 Å². The molecule has 2 aliphatic heterocycles. The lowest BCUT2D eigenvalue weighted by molar-refractivity contribution is 0.0697. The van der Waals surface area contributed by atoms with Crippen LogP contribution in [-0.2, 0) is 19.4 Å². The summed E-state index contributed by atoms with van der Waals surface area (Å²) in [4.78, 5) is 33.3. The van der Waals surface area contributed by atoms with E-state index in [1.165, 1.54) is 11.3 Å². The third-order valence-electron chi connectivity index (χ3n) is 9.09. The number of fused-ring (bicyclic) bond motifs is 2. The number of alkyl halides is 2. The van der Waals surface area contributed by atoms with Gasteiger partial charge >= 0.3 is 5.97 Å². The molecular formula is C31H35ClF2N4O4S. The highest BCUT2D eigenvalue weighted by Crippen LogP contribution is 2.47. The predicted octanol–water partition coefficient (Wildman–Crippen LogP) is 5.82. The van der Waals surface area contributed by atoms with Crippen molar-refractivity contribution in [3.63, 3.8) is 0 Å². The Labute approximate surface area is 257 Å². The first-order chi connectivity index (χ1) is 20.6. The minimum Gasteiger partial charge on any atom is -0.491 e. The van der Waals surface area contributed by atoms with E-state index in [0.717, 1.165) is 29.0 Å². The average molecular weight is 633 g/mol. The maximum atomic E-state index is 13.7. The molecule has 3 aromatic rings. The van der Waals surface area contributed by atoms with E-state index in [1.54, 1.807) is 16.0 Å². The maximum absolute atomic E-state index is 13.7. The van der Waals surface area contributed by atoms with Gasteiger partial charge in [0.05, 0.1) is 23.5 Å². The van der Waals surface area contributed by atoms with Gasteiger partial charge in [-0.05, 0) is 70.7 Å². The summed E-state index contributed by atoms with van der Waals surface area (Å²) < 4.78 is 34.4. The Bertz CT molecular complexity index is 1590. The lowest BCUT2D eigenvalue weighted by Crippen LogP contribution is -2.42. The van der Waals surface area contributed by atoms with Crippen LogP contribution in [0.2, 0.25) is 5.02 Å². The molecule has 1 fully saturated rings. The maximum Gasteiger partial charge on any atom is 0.338 e. The SMILES string of the molecule is Cc1nc2c(c(=O)n1CCOc1ccc(Cl)cc1C1CC(C)Nc3c(C(=O)O)csc31)C[C@H](N1CC[C@@H](C(F)F)C1)CC2. The van der Waals surface area contributed by atoms with E-state index in [4.69, 9.17) is 21.3 Å². The zero-order valence-corrected chi connectivity index (χ0v) is 25.7. The Balaban J connectivity index is 1.20. The molecule has 2 N–H and O–H groups in total. The number of nitrogens with zero attached hydrogens (tertiary/aromatic N) is 3. The lowest BCUT2D eigenvalue weighted by atomic mass is 9.86. The summed E-state index contributed by atoms with van der Waals surface area (Å²) in [7, 11) is 0. The quantitative estimate of drug-likeness (QED) is 0.323. The average Bonchev–Trinajstić information content (AvgIpc) is 3.63. The van der Waals surface area contributed by atoms with Crippen molar-refractivity contribution >= 4 is 34.6 Å². The number of nitrogens with one attached hydrogen (secondary N) is 1. The molecule has 1 aromatic carbocycles. The number of aryl methyl sites for hydroxylation is 2. The predicted molar refractivity (Wildman–Crippen MR) is 163 cm³/mol. The number of carboxylic acids is 1. The number of aromatic carboxylic acids is 1. The van der Waals surface area contributed by atoms with Crippen molar-refractivity contribution in [1.82, 2.24) is 14.5 Å². The molecule has 0 bridgehead atoms. The Morgan fingerprint density at radius 3 is 2.88 bits per heavy atom. The minimum absolute atomic E-state index is 0.0467. The molecule has 8 nitrogen and oxygen atoms in total. The van der Waals surface area contributed by atoms with Crippen LogP contribution in [0.4, 0.5) is 14.5 Å². The zero-order valence-electron chi connectivity index (χ0n) is 24.1. The summed E-state index contributed by atoms with van der Waals surface area (Å²) in [5, 5.41) is 15.2. The van der Waals surface area contributed by atoms with E-state index in [-0.39, 0.29) is 35.7 Å². The van der Waals surface area contributed by atoms with E-state index in [1.807, 2.05) is 26.0 Å². The molecule has 230 valence electrons. The van der Waals surface area contributed by atoms with Crippen molar-refractivity contribution in [1.29, 1.82) is 0 Å². The first-order valence-corrected chi connectivity index (χ1v) is 16.0. The van der Waals surface area contributed by atoms with Crippen LogP contribution < -0.4 is 15.6 Å². The van der Waals surface area contributed by atoms with Crippen molar-refractivity contribution in [2.24, 2.45) is 5.92 Å². The second-order valence-corrected chi connectivity index (χ2v) is 13.2. The van der Waals surface area contributed by atoms with Crippen molar-refractivity contribution in [3.05, 3.63) is 72.0 Å². The summed E-state index contributed by atoms with van der Waals surface area (Å²) in [5.74, 6) is -0.399. The second-order valence-electron chi connectivity index (χ2n) is 11.9. The number of hydrogen-bond acceptors (Lipinski definition) is 7. The van der Waals surface area contributed by atoms with Crippen LogP contribution in [0.5, 0.6) is 5.75 Å². The topological polar surface area (TPSA) is 96.7 Å². The molecule has 6 rings (SSSR count). The summed E-state index contributed by atoms with van der Waals surface area (Å²) in [6.07, 6.45) is 0.932. The molecule has 12 heteroatoms. The molecular weight excluding hydrogens is 598 g/mol. The van der Waals surface area contributed by atoms with Gasteiger partial charge in [0.25, 0.3) is 5.56 Å². The molecule has 0 spiro atoms. The molecule has 4 heterocycles. The van der Waals surface area contributed by atoms with Gasteiger partial charge < -0.3 is 15.2 Å². The van der Waals surface area contributed by atoms with Gasteiger partial charge in [-0.25, -0.2) is 18.6 Å². The summed E-state index contributed by atoms with van der Waals surface area (Å²) in [6, 6.07) is 5.58. The number of carbonyl (C=O) groups is 1. The fourth-order valence-electron chi connectivity index (χ4n) is 6.88. The van der Waals surface area contributed by atoms with Crippen LogP contribution in [0.1, 0.15) is 70.0 Å². The number of halogens is 3. The molecule has 2 unspecified atom stereocenters. The minimum atomic E-state index is -2.31. The van der Waals surface area contributed by atoms with Crippen LogP contribution >= 0.6 is 22.9 Å². The normalized spacial score (nSPS) is 23.6. The fourth-order valence-corrected chi connectivity index (χ4v) is 8.20. The largest absolute Gasteiger partial charge is 0.491 e. The van der Waals surface area contributed by atoms with Gasteiger partial charge in [-0.1, -0.05) is 11.6 Å². The fraction of sp³-hybridized carbons (Fsp3) is 0.516. The van der Waals surface area contributed by atoms with E-state index >= 15 is 0 Å². The van der Waals surface area contributed by atoms with E-state index in [9.17, 15) is 23.5 Å². The van der Waals surface area contributed by atoms with Crippen molar-refractivity contribution < 1.29 is 23.4 Å². The number of likely N-dealkylation sites (tertiary alicyclic amines) is 1. The third-order valence-corrected chi connectivity index (χ3v) is 10.4. The molecule has 0 saturated carbocycles. The van der Waals surface area contributed by atoms with Crippen molar-refractivity contribution in [3.8, 4) is 5.75 Å². The number of thiophene rings is 1. The molecule has 1 saturated heterocycles. The van der Waals surface area contributed by atoms with Gasteiger partial charge in [-0.15, -0.1) is 11.3 Å². The van der Waals surface area contributed by atoms with Crippen LogP contribution in [-0.4, -0.2) is 63.7 Å². The highest BCUT2D eigenvalue weighted by atomic mass is 35.5. The molecule has 3 aliphatic rings. The molecule has 2 aromatic heterocycles. The first kappa shape index (κ1) is 30.0. The van der Waals surface area contributed by atoms with Gasteiger partial charge in [-0.2, -0.15) is 0 Å². The van der Waals surface area contributed by atoms with Gasteiger partial charge in [-0.3, -0.25) is 14.3 Å². The van der Waals surface area contributed by atoms with Crippen LogP contribution in [0.25, 0.3) is 0 Å². The van der Waals surface area contributed by atoms with Gasteiger partial charge in [0.1, 0.15) is 18.2 Å². The lowest BCUT2D eigenvalue weighted by Gasteiger charge is -2.32. The number of ether oxygens (including phenoxy) is 1. The summed E-state index contributed by atoms with van der Waals surface area (Å²) in [6.45, 7) is 5.38. The third kappa shape index (κ3) is 5.91. The number of benzene rings is 1. The molecule has 0 amide bonds.